The summed E-state index contributed by atoms with van der Waals surface area (Å²) in [6, 6.07) is -0.698. The van der Waals surface area contributed by atoms with Crippen LogP contribution in [0.15, 0.2) is 4.99 Å². The van der Waals surface area contributed by atoms with Crippen LogP contribution in [0.1, 0.15) is 64.7 Å². The third-order valence-electron chi connectivity index (χ3n) is 6.19. The first-order chi connectivity index (χ1) is 15.1. The molecule has 3 aliphatic rings. The summed E-state index contributed by atoms with van der Waals surface area (Å²) in [5.41, 5.74) is 0. The maximum atomic E-state index is 13.3. The zero-order chi connectivity index (χ0) is 22.1. The van der Waals surface area contributed by atoms with Crippen LogP contribution >= 0.6 is 0 Å². The van der Waals surface area contributed by atoms with E-state index in [1.54, 1.807) is 6.92 Å². The van der Waals surface area contributed by atoms with E-state index >= 15 is 0 Å². The number of hydrogen-bond acceptors (Lipinski definition) is 6. The van der Waals surface area contributed by atoms with Crippen LogP contribution < -0.4 is 5.32 Å². The predicted octanol–water partition coefficient (Wildman–Crippen LogP) is 2.62. The van der Waals surface area contributed by atoms with Crippen molar-refractivity contribution in [1.29, 1.82) is 5.26 Å². The van der Waals surface area contributed by atoms with Gasteiger partial charge >= 0.3 is 6.09 Å². The molecular weight excluding hydrogens is 398 g/mol. The highest BCUT2D eigenvalue weighted by Gasteiger charge is 2.37. The van der Waals surface area contributed by atoms with Crippen LogP contribution in [0.25, 0.3) is 0 Å². The smallest absolute Gasteiger partial charge is 0.413 e. The lowest BCUT2D eigenvalue weighted by Gasteiger charge is -2.31. The monoisotopic (exact) mass is 433 g/mol. The summed E-state index contributed by atoms with van der Waals surface area (Å²) in [5, 5.41) is 12.3. The normalized spacial score (nSPS) is 21.2. The number of morpholine rings is 1. The van der Waals surface area contributed by atoms with Gasteiger partial charge in [0.1, 0.15) is 6.04 Å². The zero-order valence-electron chi connectivity index (χ0n) is 18.6. The number of alkyl carbamates (subject to hydrolysis) is 1. The second-order valence-corrected chi connectivity index (χ2v) is 8.53. The first-order valence-corrected chi connectivity index (χ1v) is 11.7. The molecule has 172 valence electrons. The fraction of sp³-hybridized carbons (Fsp3) is 0.818. The molecule has 1 heterocycles. The van der Waals surface area contributed by atoms with Crippen molar-refractivity contribution in [1.82, 2.24) is 15.1 Å². The van der Waals surface area contributed by atoms with Gasteiger partial charge in [0.05, 0.1) is 19.8 Å². The summed E-state index contributed by atoms with van der Waals surface area (Å²) < 4.78 is 10.5. The maximum absolute atomic E-state index is 13.3. The van der Waals surface area contributed by atoms with Crippen LogP contribution in [-0.4, -0.2) is 72.8 Å². The third-order valence-corrected chi connectivity index (χ3v) is 6.19. The number of nitriles is 1. The predicted molar refractivity (Wildman–Crippen MR) is 115 cm³/mol. The maximum Gasteiger partial charge on any atom is 0.413 e. The van der Waals surface area contributed by atoms with Gasteiger partial charge in [-0.25, -0.2) is 14.7 Å². The Morgan fingerprint density at radius 1 is 1.23 bits per heavy atom. The van der Waals surface area contributed by atoms with E-state index in [1.165, 1.54) is 37.0 Å². The molecule has 9 nitrogen and oxygen atoms in total. The van der Waals surface area contributed by atoms with Crippen LogP contribution in [0, 0.1) is 17.4 Å². The van der Waals surface area contributed by atoms with Crippen molar-refractivity contribution in [3.05, 3.63) is 0 Å². The summed E-state index contributed by atoms with van der Waals surface area (Å²) in [5.74, 6) is 0.662. The molecule has 31 heavy (non-hydrogen) atoms. The van der Waals surface area contributed by atoms with Crippen molar-refractivity contribution in [3.63, 3.8) is 0 Å². The van der Waals surface area contributed by atoms with Crippen molar-refractivity contribution < 1.29 is 19.1 Å². The largest absolute Gasteiger partial charge is 0.450 e. The zero-order valence-corrected chi connectivity index (χ0v) is 18.6. The molecular formula is C22H35N5O4. The summed E-state index contributed by atoms with van der Waals surface area (Å²) in [6.07, 6.45) is 10.8. The Kier molecular flexibility index (Phi) is 8.95. The number of hydrogen-bond donors (Lipinski definition) is 1. The lowest BCUT2D eigenvalue weighted by molar-refractivity contribution is -0.130. The van der Waals surface area contributed by atoms with Crippen LogP contribution in [-0.2, 0) is 14.3 Å². The Morgan fingerprint density at radius 2 is 1.94 bits per heavy atom. The number of carbonyl (C=O) groups excluding carboxylic acids is 2. The van der Waals surface area contributed by atoms with E-state index in [0.717, 1.165) is 19.3 Å². The van der Waals surface area contributed by atoms with Gasteiger partial charge in [0.25, 0.3) is 5.91 Å². The lowest BCUT2D eigenvalue weighted by atomic mass is 9.85. The molecule has 2 aliphatic carbocycles. The standard InChI is InChI=1S/C22H35N5O4/c1-2-31-22(29)25-21(26-12-14-30-15-13-26)24-19(11-8-17-6-4-3-5-7-17)20(28)27(16-23)18-9-10-18/h17-19H,2-15H2,1H3,(H,24,25,29). The third kappa shape index (κ3) is 7.10. The molecule has 0 bridgehead atoms. The van der Waals surface area contributed by atoms with Crippen molar-refractivity contribution >= 4 is 18.0 Å². The molecule has 0 spiro atoms. The van der Waals surface area contributed by atoms with Crippen LogP contribution in [0.3, 0.4) is 0 Å². The van der Waals surface area contributed by atoms with Gasteiger partial charge in [-0.2, -0.15) is 5.26 Å². The highest BCUT2D eigenvalue weighted by molar-refractivity contribution is 5.96. The van der Waals surface area contributed by atoms with Crippen LogP contribution in [0.2, 0.25) is 0 Å². The molecule has 0 aromatic carbocycles. The molecule has 0 radical (unpaired) electrons. The summed E-state index contributed by atoms with van der Waals surface area (Å²) in [4.78, 5) is 33.3. The molecule has 1 unspecified atom stereocenters. The van der Waals surface area contributed by atoms with E-state index < -0.39 is 12.1 Å². The Morgan fingerprint density at radius 3 is 2.55 bits per heavy atom. The number of carbonyl (C=O) groups is 2. The molecule has 1 atom stereocenters. The number of guanidine groups is 1. The van der Waals surface area contributed by atoms with Gasteiger partial charge in [0.15, 0.2) is 6.19 Å². The average molecular weight is 434 g/mol. The second kappa shape index (κ2) is 11.9. The fourth-order valence-electron chi connectivity index (χ4n) is 4.29. The van der Waals surface area contributed by atoms with Crippen molar-refractivity contribution in [2.45, 2.75) is 76.8 Å². The molecule has 1 saturated heterocycles. The Labute approximate surface area is 184 Å². The van der Waals surface area contributed by atoms with Gasteiger partial charge < -0.3 is 14.4 Å². The van der Waals surface area contributed by atoms with Crippen LogP contribution in [0.5, 0.6) is 0 Å². The van der Waals surface area contributed by atoms with E-state index in [9.17, 15) is 14.9 Å². The van der Waals surface area contributed by atoms with E-state index in [4.69, 9.17) is 14.5 Å². The lowest BCUT2D eigenvalue weighted by Crippen LogP contribution is -2.50. The van der Waals surface area contributed by atoms with Gasteiger partial charge in [-0.3, -0.25) is 10.1 Å². The van der Waals surface area contributed by atoms with E-state index in [-0.39, 0.29) is 18.6 Å². The minimum absolute atomic E-state index is 0.00488. The number of amides is 2. The van der Waals surface area contributed by atoms with E-state index in [1.807, 2.05) is 4.90 Å². The Balaban J connectivity index is 1.79. The summed E-state index contributed by atoms with van der Waals surface area (Å²) >= 11 is 0. The van der Waals surface area contributed by atoms with Gasteiger partial charge in [-0.05, 0) is 38.5 Å². The number of rotatable bonds is 7. The van der Waals surface area contributed by atoms with Gasteiger partial charge in [0.2, 0.25) is 5.96 Å². The molecule has 2 amide bonds. The number of nitrogens with one attached hydrogen (secondary N) is 1. The average Bonchev–Trinajstić information content (AvgIpc) is 3.63. The van der Waals surface area contributed by atoms with Crippen LogP contribution in [0.4, 0.5) is 4.79 Å². The van der Waals surface area contributed by atoms with E-state index in [0.29, 0.717) is 44.6 Å². The molecule has 0 aromatic heterocycles. The number of ether oxygens (including phenoxy) is 2. The van der Waals surface area contributed by atoms with Gasteiger partial charge in [0, 0.05) is 19.1 Å². The minimum atomic E-state index is -0.693. The molecule has 0 aromatic rings. The molecule has 9 heteroatoms. The molecule has 3 rings (SSSR count). The molecule has 2 saturated carbocycles. The summed E-state index contributed by atoms with van der Waals surface area (Å²) in [7, 11) is 0. The first kappa shape index (κ1) is 23.3. The Hall–Kier alpha value is -2.34. The fourth-order valence-corrected chi connectivity index (χ4v) is 4.29. The van der Waals surface area contributed by atoms with Gasteiger partial charge in [-0.1, -0.05) is 32.1 Å². The minimum Gasteiger partial charge on any atom is -0.450 e. The number of aliphatic imine (C=N–C) groups is 1. The molecule has 3 fully saturated rings. The van der Waals surface area contributed by atoms with Crippen molar-refractivity contribution in [3.8, 4) is 6.19 Å². The molecule has 1 N–H and O–H groups in total. The van der Waals surface area contributed by atoms with Crippen molar-refractivity contribution in [2.24, 2.45) is 10.9 Å². The topological polar surface area (TPSA) is 107 Å². The quantitative estimate of drug-likeness (QED) is 0.286. The van der Waals surface area contributed by atoms with E-state index in [2.05, 4.69) is 11.5 Å². The van der Waals surface area contributed by atoms with Crippen molar-refractivity contribution in [2.75, 3.05) is 32.9 Å². The first-order valence-electron chi connectivity index (χ1n) is 11.7. The summed E-state index contributed by atoms with van der Waals surface area (Å²) in [6.45, 7) is 4.17. The molecule has 1 aliphatic heterocycles. The highest BCUT2D eigenvalue weighted by Crippen LogP contribution is 2.30. The Bertz CT molecular complexity index is 676. The van der Waals surface area contributed by atoms with Gasteiger partial charge in [-0.15, -0.1) is 0 Å². The SMILES string of the molecule is CCOC(=O)NC(=NC(CCC1CCCCC1)C(=O)N(C#N)C1CC1)N1CCOCC1. The highest BCUT2D eigenvalue weighted by atomic mass is 16.5. The number of nitrogens with zero attached hydrogens (tertiary/aromatic N) is 4. The second-order valence-electron chi connectivity index (χ2n) is 8.53.